The van der Waals surface area contributed by atoms with Gasteiger partial charge in [0.15, 0.2) is 0 Å². The molecule has 0 aliphatic carbocycles. The highest BCUT2D eigenvalue weighted by Gasteiger charge is 2.12. The average molecular weight is 286 g/mol. The number of rotatable bonds is 5. The van der Waals surface area contributed by atoms with Gasteiger partial charge in [-0.15, -0.1) is 0 Å². The van der Waals surface area contributed by atoms with Gasteiger partial charge >= 0.3 is 0 Å². The topological polar surface area (TPSA) is 45.0 Å². The number of ether oxygens (including phenoxy) is 1. The Morgan fingerprint density at radius 2 is 2.05 bits per heavy atom. The van der Waals surface area contributed by atoms with Crippen molar-refractivity contribution in [1.82, 2.24) is 5.32 Å². The monoisotopic (exact) mass is 286 g/mol. The van der Waals surface area contributed by atoms with Crippen molar-refractivity contribution in [2.45, 2.75) is 40.2 Å². The lowest BCUT2D eigenvalue weighted by Crippen LogP contribution is -2.37. The average Bonchev–Trinajstić information content (AvgIpc) is 2.41. The van der Waals surface area contributed by atoms with Crippen molar-refractivity contribution in [1.29, 1.82) is 5.26 Å². The summed E-state index contributed by atoms with van der Waals surface area (Å²) >= 11 is 0. The van der Waals surface area contributed by atoms with Gasteiger partial charge in [-0.2, -0.15) is 5.26 Å². The lowest BCUT2D eigenvalue weighted by molar-refractivity contribution is 0.413. The van der Waals surface area contributed by atoms with Gasteiger partial charge < -0.3 is 10.1 Å². The highest BCUT2D eigenvalue weighted by molar-refractivity contribution is 5.59. The number of nitrogens with one attached hydrogen (secondary N) is 1. The summed E-state index contributed by atoms with van der Waals surface area (Å²) in [6.07, 6.45) is 2.16. The summed E-state index contributed by atoms with van der Waals surface area (Å²) in [5.41, 5.74) is 3.01. The molecule has 0 aliphatic rings. The molecule has 0 atom stereocenters. The van der Waals surface area contributed by atoms with Crippen molar-refractivity contribution >= 4 is 6.08 Å². The van der Waals surface area contributed by atoms with Crippen molar-refractivity contribution in [3.63, 3.8) is 0 Å². The minimum atomic E-state index is 0.0890. The Labute approximate surface area is 128 Å². The van der Waals surface area contributed by atoms with Crippen molar-refractivity contribution in [2.24, 2.45) is 5.92 Å². The fourth-order valence-corrected chi connectivity index (χ4v) is 1.91. The summed E-state index contributed by atoms with van der Waals surface area (Å²) in [4.78, 5) is 0. The van der Waals surface area contributed by atoms with Crippen molar-refractivity contribution in [3.8, 4) is 11.8 Å². The van der Waals surface area contributed by atoms with Gasteiger partial charge in [0.25, 0.3) is 0 Å². The largest absolute Gasteiger partial charge is 0.495 e. The maximum Gasteiger partial charge on any atom is 0.136 e. The summed E-state index contributed by atoms with van der Waals surface area (Å²) in [5.74, 6) is 1.07. The number of benzene rings is 1. The van der Waals surface area contributed by atoms with Crippen LogP contribution in [0.1, 0.15) is 45.7 Å². The lowest BCUT2D eigenvalue weighted by Gasteiger charge is -2.23. The van der Waals surface area contributed by atoms with Gasteiger partial charge in [0.05, 0.1) is 12.7 Å². The second-order valence-corrected chi connectivity index (χ2v) is 6.55. The molecule has 0 aliphatic heterocycles. The molecule has 3 heteroatoms. The van der Waals surface area contributed by atoms with Crippen LogP contribution in [0.3, 0.4) is 0 Å². The van der Waals surface area contributed by atoms with Crippen LogP contribution in [0.4, 0.5) is 0 Å². The smallest absolute Gasteiger partial charge is 0.136 e. The van der Waals surface area contributed by atoms with Crippen LogP contribution in [0.2, 0.25) is 0 Å². The fourth-order valence-electron chi connectivity index (χ4n) is 1.91. The van der Waals surface area contributed by atoms with Crippen LogP contribution in [-0.2, 0) is 0 Å². The third-order valence-electron chi connectivity index (χ3n) is 3.26. The maximum atomic E-state index is 9.16. The molecule has 0 bridgehead atoms. The molecule has 0 saturated heterocycles. The molecular formula is C18H26N2O. The van der Waals surface area contributed by atoms with Gasteiger partial charge in [-0.25, -0.2) is 0 Å². The molecule has 1 aromatic rings. The molecule has 1 rings (SSSR count). The molecule has 0 aromatic heterocycles. The normalized spacial score (nSPS) is 12.4. The van der Waals surface area contributed by atoms with Crippen LogP contribution in [0.25, 0.3) is 6.08 Å². The first-order valence-corrected chi connectivity index (χ1v) is 7.30. The summed E-state index contributed by atoms with van der Waals surface area (Å²) in [6.45, 7) is 11.7. The Balaban J connectivity index is 3.03. The molecule has 114 valence electrons. The zero-order valence-corrected chi connectivity index (χ0v) is 13.9. The van der Waals surface area contributed by atoms with E-state index in [0.29, 0.717) is 17.2 Å². The molecule has 1 aromatic carbocycles. The van der Waals surface area contributed by atoms with Crippen molar-refractivity contribution in [3.05, 3.63) is 34.9 Å². The van der Waals surface area contributed by atoms with Gasteiger partial charge in [0.2, 0.25) is 0 Å². The Morgan fingerprint density at radius 1 is 1.38 bits per heavy atom. The molecular weight excluding hydrogens is 260 g/mol. The van der Waals surface area contributed by atoms with E-state index in [1.165, 1.54) is 5.57 Å². The van der Waals surface area contributed by atoms with Crippen LogP contribution in [0, 0.1) is 17.2 Å². The fraction of sp³-hybridized carbons (Fsp3) is 0.500. The first-order chi connectivity index (χ1) is 9.76. The standard InChI is InChI=1S/C18H26N2O/c1-13(2)16(12-20-18(3,4)5)10-14-7-8-17(21-6)15(9-14)11-19/h7-10,13,20H,12H2,1-6H3. The SMILES string of the molecule is COc1ccc(C=C(CNC(C)(C)C)C(C)C)cc1C#N. The first kappa shape index (κ1) is 17.3. The summed E-state index contributed by atoms with van der Waals surface area (Å²) in [6, 6.07) is 7.88. The number of hydrogen-bond donors (Lipinski definition) is 1. The quantitative estimate of drug-likeness (QED) is 0.890. The molecule has 0 saturated carbocycles. The van der Waals surface area contributed by atoms with E-state index in [2.05, 4.69) is 52.1 Å². The van der Waals surface area contributed by atoms with Gasteiger partial charge in [0.1, 0.15) is 11.8 Å². The molecule has 0 spiro atoms. The summed E-state index contributed by atoms with van der Waals surface area (Å²) in [5, 5.41) is 12.7. The third kappa shape index (κ3) is 5.61. The summed E-state index contributed by atoms with van der Waals surface area (Å²) < 4.78 is 5.18. The van der Waals surface area contributed by atoms with Gasteiger partial charge in [-0.1, -0.05) is 31.6 Å². The molecule has 0 amide bonds. The van der Waals surface area contributed by atoms with Gasteiger partial charge in [0, 0.05) is 12.1 Å². The highest BCUT2D eigenvalue weighted by atomic mass is 16.5. The zero-order chi connectivity index (χ0) is 16.0. The predicted octanol–water partition coefficient (Wildman–Crippen LogP) is 3.99. The minimum absolute atomic E-state index is 0.0890. The number of nitrogens with zero attached hydrogens (tertiary/aromatic N) is 1. The van der Waals surface area contributed by atoms with Crippen LogP contribution in [-0.4, -0.2) is 19.2 Å². The van der Waals surface area contributed by atoms with E-state index in [0.717, 1.165) is 12.1 Å². The molecule has 0 unspecified atom stereocenters. The van der Waals surface area contributed by atoms with E-state index >= 15 is 0 Å². The van der Waals surface area contributed by atoms with Crippen molar-refractivity contribution < 1.29 is 4.74 Å². The Kier molecular flexibility index (Phi) is 5.99. The molecule has 3 nitrogen and oxygen atoms in total. The molecule has 1 N–H and O–H groups in total. The maximum absolute atomic E-state index is 9.16. The van der Waals surface area contributed by atoms with Crippen LogP contribution in [0.5, 0.6) is 5.75 Å². The molecule has 0 radical (unpaired) electrons. The van der Waals surface area contributed by atoms with E-state index in [1.54, 1.807) is 7.11 Å². The van der Waals surface area contributed by atoms with Crippen LogP contribution >= 0.6 is 0 Å². The second kappa shape index (κ2) is 7.28. The van der Waals surface area contributed by atoms with Crippen LogP contribution in [0.15, 0.2) is 23.8 Å². The minimum Gasteiger partial charge on any atom is -0.495 e. The third-order valence-corrected chi connectivity index (χ3v) is 3.26. The van der Waals surface area contributed by atoms with E-state index < -0.39 is 0 Å². The van der Waals surface area contributed by atoms with Gasteiger partial charge in [-0.3, -0.25) is 0 Å². The Morgan fingerprint density at radius 3 is 2.52 bits per heavy atom. The van der Waals surface area contributed by atoms with Crippen molar-refractivity contribution in [2.75, 3.05) is 13.7 Å². The first-order valence-electron chi connectivity index (χ1n) is 7.30. The van der Waals surface area contributed by atoms with Crippen LogP contribution < -0.4 is 10.1 Å². The molecule has 21 heavy (non-hydrogen) atoms. The highest BCUT2D eigenvalue weighted by Crippen LogP contribution is 2.22. The molecule has 0 heterocycles. The number of hydrogen-bond acceptors (Lipinski definition) is 3. The van der Waals surface area contributed by atoms with E-state index in [1.807, 2.05) is 18.2 Å². The molecule has 0 fully saturated rings. The van der Waals surface area contributed by atoms with E-state index in [9.17, 15) is 0 Å². The Hall–Kier alpha value is -1.79. The van der Waals surface area contributed by atoms with Gasteiger partial charge in [-0.05, 0) is 44.4 Å². The Bertz CT molecular complexity index is 545. The summed E-state index contributed by atoms with van der Waals surface area (Å²) in [7, 11) is 1.58. The number of methoxy groups -OCH3 is 1. The lowest BCUT2D eigenvalue weighted by atomic mass is 9.98. The van der Waals surface area contributed by atoms with E-state index in [-0.39, 0.29) is 5.54 Å². The van der Waals surface area contributed by atoms with E-state index in [4.69, 9.17) is 10.00 Å². The second-order valence-electron chi connectivity index (χ2n) is 6.55. The number of nitriles is 1. The predicted molar refractivity (Wildman–Crippen MR) is 88.3 cm³/mol. The zero-order valence-electron chi connectivity index (χ0n) is 13.9.